The summed E-state index contributed by atoms with van der Waals surface area (Å²) >= 11 is 1.40. The molecule has 0 saturated carbocycles. The average Bonchev–Trinajstić information content (AvgIpc) is 3.37. The molecule has 0 radical (unpaired) electrons. The van der Waals surface area contributed by atoms with Crippen molar-refractivity contribution < 1.29 is 9.69 Å². The molecule has 3 aromatic rings. The van der Waals surface area contributed by atoms with Crippen molar-refractivity contribution in [3.63, 3.8) is 0 Å². The van der Waals surface area contributed by atoms with Gasteiger partial charge in [-0.1, -0.05) is 30.3 Å². The van der Waals surface area contributed by atoms with Gasteiger partial charge in [-0.3, -0.25) is 9.78 Å². The van der Waals surface area contributed by atoms with Gasteiger partial charge in [-0.25, -0.2) is 4.98 Å². The third kappa shape index (κ3) is 4.29. The fourth-order valence-corrected chi connectivity index (χ4v) is 4.64. The molecule has 2 N–H and O–H groups in total. The second kappa shape index (κ2) is 8.63. The van der Waals surface area contributed by atoms with Gasteiger partial charge in [0.15, 0.2) is 0 Å². The molecule has 5 nitrogen and oxygen atoms in total. The molecule has 144 valence electrons. The first-order valence-corrected chi connectivity index (χ1v) is 10.6. The van der Waals surface area contributed by atoms with Crippen LogP contribution in [0.5, 0.6) is 0 Å². The van der Waals surface area contributed by atoms with Crippen molar-refractivity contribution in [2.24, 2.45) is 0 Å². The zero-order valence-electron chi connectivity index (χ0n) is 16.1. The monoisotopic (exact) mass is 393 g/mol. The van der Waals surface area contributed by atoms with E-state index in [4.69, 9.17) is 0 Å². The van der Waals surface area contributed by atoms with E-state index in [9.17, 15) is 4.79 Å². The Hall–Kier alpha value is -2.57. The van der Waals surface area contributed by atoms with Crippen LogP contribution >= 0.6 is 11.3 Å². The number of nitrogens with zero attached hydrogens (tertiary/aromatic N) is 2. The molecule has 0 unspecified atom stereocenters. The minimum absolute atomic E-state index is 0.0690. The Morgan fingerprint density at radius 3 is 2.61 bits per heavy atom. The number of pyridine rings is 1. The molecular formula is C22H25N4OS+. The zero-order chi connectivity index (χ0) is 19.3. The number of carbonyl (C=O) groups excluding carboxylic acids is 1. The molecule has 1 aliphatic heterocycles. The van der Waals surface area contributed by atoms with Gasteiger partial charge in [0.25, 0.3) is 5.91 Å². The summed E-state index contributed by atoms with van der Waals surface area (Å²) in [6.45, 7) is 5.95. The van der Waals surface area contributed by atoms with Gasteiger partial charge in [0.1, 0.15) is 16.4 Å². The zero-order valence-corrected chi connectivity index (χ0v) is 16.9. The van der Waals surface area contributed by atoms with Crippen molar-refractivity contribution in [3.8, 4) is 10.7 Å². The minimum Gasteiger partial charge on any atom is -0.347 e. The van der Waals surface area contributed by atoms with Crippen LogP contribution in [0.4, 0.5) is 0 Å². The summed E-state index contributed by atoms with van der Waals surface area (Å²) < 4.78 is 0. The van der Waals surface area contributed by atoms with Crippen LogP contribution in [0, 0.1) is 6.92 Å². The van der Waals surface area contributed by atoms with Crippen molar-refractivity contribution in [1.29, 1.82) is 0 Å². The lowest BCUT2D eigenvalue weighted by molar-refractivity contribution is -0.901. The van der Waals surface area contributed by atoms with Gasteiger partial charge in [-0.2, -0.15) is 0 Å². The summed E-state index contributed by atoms with van der Waals surface area (Å²) in [7, 11) is 0. The third-order valence-corrected chi connectivity index (χ3v) is 6.37. The van der Waals surface area contributed by atoms with E-state index in [2.05, 4.69) is 33.5 Å². The van der Waals surface area contributed by atoms with Crippen molar-refractivity contribution in [3.05, 3.63) is 70.4 Å². The number of thiazole rings is 1. The molecule has 1 saturated heterocycles. The number of hydrogen-bond donors (Lipinski definition) is 2. The first-order chi connectivity index (χ1) is 13.7. The molecule has 1 aliphatic rings. The van der Waals surface area contributed by atoms with Crippen molar-refractivity contribution in [2.45, 2.75) is 32.9 Å². The van der Waals surface area contributed by atoms with Gasteiger partial charge < -0.3 is 10.2 Å². The third-order valence-electron chi connectivity index (χ3n) is 5.20. The lowest BCUT2D eigenvalue weighted by Crippen LogP contribution is -3.08. The predicted octanol–water partition coefficient (Wildman–Crippen LogP) is 2.62. The predicted molar refractivity (Wildman–Crippen MR) is 111 cm³/mol. The summed E-state index contributed by atoms with van der Waals surface area (Å²) in [4.78, 5) is 23.9. The van der Waals surface area contributed by atoms with Crippen LogP contribution in [0.25, 0.3) is 10.7 Å². The van der Waals surface area contributed by atoms with Crippen molar-refractivity contribution >= 4 is 17.2 Å². The Balaban J connectivity index is 1.44. The van der Waals surface area contributed by atoms with Gasteiger partial charge in [0.2, 0.25) is 0 Å². The number of aryl methyl sites for hydroxylation is 1. The smallest absolute Gasteiger partial charge is 0.263 e. The first kappa shape index (κ1) is 18.8. The molecule has 0 aliphatic carbocycles. The molecule has 4 rings (SSSR count). The van der Waals surface area contributed by atoms with Gasteiger partial charge in [-0.05, 0) is 24.6 Å². The number of carbonyl (C=O) groups is 1. The largest absolute Gasteiger partial charge is 0.347 e. The van der Waals surface area contributed by atoms with Crippen LogP contribution in [-0.2, 0) is 13.1 Å². The number of rotatable bonds is 6. The maximum absolute atomic E-state index is 12.8. The molecule has 3 heterocycles. The van der Waals surface area contributed by atoms with E-state index >= 15 is 0 Å². The van der Waals surface area contributed by atoms with E-state index in [-0.39, 0.29) is 5.91 Å². The highest BCUT2D eigenvalue weighted by Gasteiger charge is 2.19. The molecule has 6 heteroatoms. The molecule has 0 spiro atoms. The quantitative estimate of drug-likeness (QED) is 0.677. The van der Waals surface area contributed by atoms with Gasteiger partial charge in [0, 0.05) is 31.1 Å². The minimum atomic E-state index is -0.0690. The molecule has 1 aromatic carbocycles. The Kier molecular flexibility index (Phi) is 5.78. The van der Waals surface area contributed by atoms with E-state index in [0.29, 0.717) is 11.4 Å². The fraction of sp³-hybridized carbons (Fsp3) is 0.318. The van der Waals surface area contributed by atoms with E-state index in [1.165, 1.54) is 48.4 Å². The highest BCUT2D eigenvalue weighted by molar-refractivity contribution is 7.17. The van der Waals surface area contributed by atoms with Gasteiger partial charge in [-0.15, -0.1) is 11.3 Å². The summed E-state index contributed by atoms with van der Waals surface area (Å²) in [6, 6.07) is 14.1. The Morgan fingerprint density at radius 1 is 1.11 bits per heavy atom. The summed E-state index contributed by atoms with van der Waals surface area (Å²) in [5.74, 6) is -0.0690. The normalized spacial score (nSPS) is 14.3. The molecular weight excluding hydrogens is 368 g/mol. The van der Waals surface area contributed by atoms with E-state index in [1.807, 2.05) is 31.2 Å². The van der Waals surface area contributed by atoms with Crippen LogP contribution in [0.15, 0.2) is 48.7 Å². The van der Waals surface area contributed by atoms with Crippen LogP contribution in [-0.4, -0.2) is 29.0 Å². The number of aromatic nitrogens is 2. The van der Waals surface area contributed by atoms with E-state index in [1.54, 1.807) is 11.1 Å². The maximum Gasteiger partial charge on any atom is 0.263 e. The summed E-state index contributed by atoms with van der Waals surface area (Å²) in [6.07, 6.45) is 4.38. The lowest BCUT2D eigenvalue weighted by Gasteiger charge is -2.15. The number of quaternary nitrogens is 1. The summed E-state index contributed by atoms with van der Waals surface area (Å²) in [5.41, 5.74) is 4.07. The SMILES string of the molecule is Cc1nc(-c2ccccn2)sc1C(=O)NCc1ccccc1C[NH+]1CCCC1. The highest BCUT2D eigenvalue weighted by atomic mass is 32.1. The topological polar surface area (TPSA) is 59.3 Å². The molecule has 1 fully saturated rings. The highest BCUT2D eigenvalue weighted by Crippen LogP contribution is 2.26. The number of nitrogens with one attached hydrogen (secondary N) is 2. The van der Waals surface area contributed by atoms with Crippen LogP contribution < -0.4 is 10.2 Å². The summed E-state index contributed by atoms with van der Waals surface area (Å²) in [5, 5.41) is 3.87. The van der Waals surface area contributed by atoms with E-state index < -0.39 is 0 Å². The van der Waals surface area contributed by atoms with Crippen LogP contribution in [0.1, 0.15) is 39.3 Å². The second-order valence-corrected chi connectivity index (χ2v) is 8.23. The Morgan fingerprint density at radius 2 is 1.86 bits per heavy atom. The number of likely N-dealkylation sites (tertiary alicyclic amines) is 1. The molecule has 28 heavy (non-hydrogen) atoms. The van der Waals surface area contributed by atoms with Gasteiger partial charge in [0.05, 0.1) is 24.5 Å². The van der Waals surface area contributed by atoms with Crippen molar-refractivity contribution in [1.82, 2.24) is 15.3 Å². The lowest BCUT2D eigenvalue weighted by atomic mass is 10.1. The number of benzene rings is 1. The molecule has 0 bridgehead atoms. The van der Waals surface area contributed by atoms with E-state index in [0.717, 1.165) is 22.9 Å². The number of hydrogen-bond acceptors (Lipinski definition) is 4. The average molecular weight is 394 g/mol. The standard InChI is InChI=1S/C22H24N4OS/c1-16-20(28-22(25-16)19-10-4-5-11-23-19)21(27)24-14-17-8-2-3-9-18(17)15-26-12-6-7-13-26/h2-5,8-11H,6-7,12-15H2,1H3,(H,24,27)/p+1. The van der Waals surface area contributed by atoms with Gasteiger partial charge >= 0.3 is 0 Å². The Labute approximate surface area is 169 Å². The van der Waals surface area contributed by atoms with Crippen molar-refractivity contribution in [2.75, 3.05) is 13.1 Å². The molecule has 0 atom stereocenters. The van der Waals surface area contributed by atoms with Crippen LogP contribution in [0.2, 0.25) is 0 Å². The molecule has 2 aromatic heterocycles. The molecule has 1 amide bonds. The first-order valence-electron chi connectivity index (χ1n) is 9.78. The fourth-order valence-electron chi connectivity index (χ4n) is 3.69. The Bertz CT molecular complexity index is 948. The maximum atomic E-state index is 12.8. The number of amides is 1. The second-order valence-electron chi connectivity index (χ2n) is 7.23. The van der Waals surface area contributed by atoms with Crippen LogP contribution in [0.3, 0.4) is 0 Å².